The highest BCUT2D eigenvalue weighted by Crippen LogP contribution is 2.38. The van der Waals surface area contributed by atoms with Gasteiger partial charge >= 0.3 is 5.97 Å². The average molecular weight is 422 g/mol. The number of imidazole rings is 1. The minimum absolute atomic E-state index is 0.301. The number of hydrogen-bond acceptors (Lipinski definition) is 5. The van der Waals surface area contributed by atoms with Gasteiger partial charge in [-0.2, -0.15) is 0 Å². The first kappa shape index (κ1) is 20.5. The van der Waals surface area contributed by atoms with Crippen molar-refractivity contribution in [2.45, 2.75) is 60.7 Å². The lowest BCUT2D eigenvalue weighted by Gasteiger charge is -2.18. The van der Waals surface area contributed by atoms with Crippen molar-refractivity contribution in [2.75, 3.05) is 5.48 Å². The number of aromatic nitrogens is 2. The van der Waals surface area contributed by atoms with E-state index in [0.29, 0.717) is 18.8 Å². The maximum Gasteiger partial charge on any atom is 0.332 e. The molecule has 0 radical (unpaired) electrons. The molecule has 30 heavy (non-hydrogen) atoms. The Hall–Kier alpha value is -2.73. The van der Waals surface area contributed by atoms with E-state index in [-0.39, 0.29) is 5.97 Å². The minimum Gasteiger partial charge on any atom is -0.343 e. The second-order valence-corrected chi connectivity index (χ2v) is 8.76. The van der Waals surface area contributed by atoms with E-state index < -0.39 is 0 Å². The predicted octanol–water partition coefficient (Wildman–Crippen LogP) is 6.60. The summed E-state index contributed by atoms with van der Waals surface area (Å²) in [6.45, 7) is 3.64. The zero-order valence-electron chi connectivity index (χ0n) is 17.0. The Labute approximate surface area is 181 Å². The number of carbonyl (C=O) groups excluding carboxylic acids is 1. The summed E-state index contributed by atoms with van der Waals surface area (Å²) in [4.78, 5) is 27.7. The number of rotatable bonds is 8. The van der Waals surface area contributed by atoms with Crippen LogP contribution in [-0.4, -0.2) is 15.9 Å². The fourth-order valence-corrected chi connectivity index (χ4v) is 4.72. The molecule has 1 fully saturated rings. The lowest BCUT2D eigenvalue weighted by molar-refractivity contribution is -0.140. The molecule has 3 aromatic rings. The van der Waals surface area contributed by atoms with Crippen molar-refractivity contribution >= 4 is 34.5 Å². The van der Waals surface area contributed by atoms with Crippen LogP contribution in [0.25, 0.3) is 11.0 Å². The van der Waals surface area contributed by atoms with Gasteiger partial charge in [0.15, 0.2) is 0 Å². The van der Waals surface area contributed by atoms with Crippen molar-refractivity contribution in [3.63, 3.8) is 0 Å². The number of benzene rings is 2. The highest BCUT2D eigenvalue weighted by Gasteiger charge is 2.20. The predicted molar refractivity (Wildman–Crippen MR) is 122 cm³/mol. The number of fused-ring (bicyclic) bond motifs is 1. The quantitative estimate of drug-likeness (QED) is 0.317. The van der Waals surface area contributed by atoms with Gasteiger partial charge in [-0.05, 0) is 43.5 Å². The lowest BCUT2D eigenvalue weighted by atomic mass is 9.89. The van der Waals surface area contributed by atoms with Crippen LogP contribution < -0.4 is 5.48 Å². The smallest absolute Gasteiger partial charge is 0.332 e. The number of allylic oxidation sites excluding steroid dienone is 1. The first-order valence-electron chi connectivity index (χ1n) is 10.6. The van der Waals surface area contributed by atoms with Crippen LogP contribution in [0.2, 0.25) is 0 Å². The molecule has 1 aliphatic rings. The fraction of sp³-hybridized carbons (Fsp3) is 0.333. The van der Waals surface area contributed by atoms with Crippen LogP contribution in [0.4, 0.5) is 5.69 Å². The topological polar surface area (TPSA) is 67.0 Å². The monoisotopic (exact) mass is 421 g/mol. The van der Waals surface area contributed by atoms with Crippen LogP contribution in [-0.2, 0) is 9.63 Å². The Morgan fingerprint density at radius 2 is 2.03 bits per heavy atom. The average Bonchev–Trinajstić information content (AvgIpc) is 3.20. The number of nitrogens with zero attached hydrogens (tertiary/aromatic N) is 1. The summed E-state index contributed by atoms with van der Waals surface area (Å²) in [7, 11) is 0. The number of hydrogen-bond donors (Lipinski definition) is 2. The molecule has 0 saturated heterocycles. The van der Waals surface area contributed by atoms with E-state index in [9.17, 15) is 4.79 Å². The molecule has 156 valence electrons. The van der Waals surface area contributed by atoms with E-state index in [4.69, 9.17) is 9.82 Å². The summed E-state index contributed by atoms with van der Waals surface area (Å²) >= 11 is 1.62. The molecule has 1 aromatic heterocycles. The summed E-state index contributed by atoms with van der Waals surface area (Å²) in [6, 6.07) is 14.2. The fourth-order valence-electron chi connectivity index (χ4n) is 3.79. The Bertz CT molecular complexity index is 1010. The third-order valence-corrected chi connectivity index (χ3v) is 6.46. The molecule has 0 amide bonds. The molecule has 2 N–H and O–H groups in total. The zero-order valence-corrected chi connectivity index (χ0v) is 17.8. The van der Waals surface area contributed by atoms with Crippen LogP contribution >= 0.6 is 11.8 Å². The van der Waals surface area contributed by atoms with Gasteiger partial charge < -0.3 is 9.82 Å². The molecule has 0 spiro atoms. The Morgan fingerprint density at radius 3 is 2.80 bits per heavy atom. The standard InChI is InChI=1S/C24H27N3O2S/c1-2-3-14-23(28)29-27-21-15-19-20(16-22(21)30-18-12-8-5-9-13-18)26-24(25-19)17-10-6-4-7-11-17/h2,5,8-9,12-13,15-17,27H,1,3-4,6-7,10-11,14H2,(H,25,26). The van der Waals surface area contributed by atoms with Crippen LogP contribution in [0.5, 0.6) is 0 Å². The molecular weight excluding hydrogens is 394 g/mol. The summed E-state index contributed by atoms with van der Waals surface area (Å²) < 4.78 is 0. The highest BCUT2D eigenvalue weighted by molar-refractivity contribution is 7.99. The Balaban J connectivity index is 1.62. The van der Waals surface area contributed by atoms with Crippen molar-refractivity contribution in [1.29, 1.82) is 0 Å². The molecule has 1 saturated carbocycles. The highest BCUT2D eigenvalue weighted by atomic mass is 32.2. The van der Waals surface area contributed by atoms with Gasteiger partial charge in [0.25, 0.3) is 0 Å². The van der Waals surface area contributed by atoms with Gasteiger partial charge in [0.05, 0.1) is 23.1 Å². The summed E-state index contributed by atoms with van der Waals surface area (Å²) in [5.41, 5.74) is 5.52. The molecule has 0 unspecified atom stereocenters. The molecule has 1 aliphatic carbocycles. The molecule has 0 atom stereocenters. The largest absolute Gasteiger partial charge is 0.343 e. The number of H-pyrrole nitrogens is 1. The SMILES string of the molecule is C=CCCC(=O)ONc1cc2[nH]c(C3CCCCC3)nc2cc1Sc1ccccc1. The van der Waals surface area contributed by atoms with Gasteiger partial charge in [-0.1, -0.05) is 55.3 Å². The third kappa shape index (κ3) is 5.05. The van der Waals surface area contributed by atoms with Gasteiger partial charge in [-0.15, -0.1) is 6.58 Å². The van der Waals surface area contributed by atoms with Gasteiger partial charge in [0.2, 0.25) is 0 Å². The molecule has 0 bridgehead atoms. The van der Waals surface area contributed by atoms with Crippen molar-refractivity contribution < 1.29 is 9.63 Å². The van der Waals surface area contributed by atoms with Crippen LogP contribution in [0.3, 0.4) is 0 Å². The van der Waals surface area contributed by atoms with E-state index in [1.807, 2.05) is 24.3 Å². The number of nitrogens with one attached hydrogen (secondary N) is 2. The van der Waals surface area contributed by atoms with E-state index in [1.165, 1.54) is 32.1 Å². The first-order chi connectivity index (χ1) is 14.7. The summed E-state index contributed by atoms with van der Waals surface area (Å²) in [6.07, 6.45) is 8.84. The first-order valence-corrected chi connectivity index (χ1v) is 11.4. The third-order valence-electron chi connectivity index (χ3n) is 5.39. The molecule has 4 rings (SSSR count). The molecule has 2 aromatic carbocycles. The number of anilines is 1. The number of aromatic amines is 1. The van der Waals surface area contributed by atoms with Gasteiger partial charge in [0.1, 0.15) is 5.82 Å². The van der Waals surface area contributed by atoms with Gasteiger partial charge in [0, 0.05) is 15.7 Å². The normalized spacial score (nSPS) is 14.5. The Morgan fingerprint density at radius 1 is 1.23 bits per heavy atom. The van der Waals surface area contributed by atoms with Crippen molar-refractivity contribution in [2.24, 2.45) is 0 Å². The molecule has 0 aliphatic heterocycles. The maximum atomic E-state index is 12.0. The van der Waals surface area contributed by atoms with Crippen LogP contribution in [0.1, 0.15) is 56.7 Å². The van der Waals surface area contributed by atoms with Crippen LogP contribution in [0.15, 0.2) is 64.9 Å². The van der Waals surface area contributed by atoms with E-state index >= 15 is 0 Å². The molecular formula is C24H27N3O2S. The summed E-state index contributed by atoms with van der Waals surface area (Å²) in [5, 5.41) is 0. The van der Waals surface area contributed by atoms with Crippen molar-refractivity contribution in [3.8, 4) is 0 Å². The molecule has 5 nitrogen and oxygen atoms in total. The van der Waals surface area contributed by atoms with Gasteiger partial charge in [-0.3, -0.25) is 0 Å². The summed E-state index contributed by atoms with van der Waals surface area (Å²) in [5.74, 6) is 1.27. The van der Waals surface area contributed by atoms with Crippen molar-refractivity contribution in [1.82, 2.24) is 9.97 Å². The lowest BCUT2D eigenvalue weighted by Crippen LogP contribution is -2.10. The second-order valence-electron chi connectivity index (χ2n) is 7.64. The maximum absolute atomic E-state index is 12.0. The van der Waals surface area contributed by atoms with E-state index in [2.05, 4.69) is 35.2 Å². The van der Waals surface area contributed by atoms with E-state index in [1.54, 1.807) is 17.8 Å². The Kier molecular flexibility index (Phi) is 6.74. The van der Waals surface area contributed by atoms with Gasteiger partial charge in [-0.25, -0.2) is 15.3 Å². The second kappa shape index (κ2) is 9.85. The van der Waals surface area contributed by atoms with Crippen molar-refractivity contribution in [3.05, 3.63) is 60.9 Å². The van der Waals surface area contributed by atoms with E-state index in [0.717, 1.165) is 32.3 Å². The number of carbonyl (C=O) groups is 1. The molecule has 6 heteroatoms. The van der Waals surface area contributed by atoms with Crippen LogP contribution in [0, 0.1) is 0 Å². The minimum atomic E-state index is -0.307. The zero-order chi connectivity index (χ0) is 20.8. The molecule has 1 heterocycles.